The zero-order valence-electron chi connectivity index (χ0n) is 9.50. The molecule has 0 heterocycles. The first-order valence-corrected chi connectivity index (χ1v) is 5.73. The van der Waals surface area contributed by atoms with Crippen LogP contribution >= 0.6 is 0 Å². The summed E-state index contributed by atoms with van der Waals surface area (Å²) in [5.41, 5.74) is 6.76. The summed E-state index contributed by atoms with van der Waals surface area (Å²) in [6, 6.07) is -0.380. The van der Waals surface area contributed by atoms with Crippen molar-refractivity contribution in [2.24, 2.45) is 5.73 Å². The Kier molecular flexibility index (Phi) is 5.58. The van der Waals surface area contributed by atoms with Crippen molar-refractivity contribution < 1.29 is 9.53 Å². The number of carbonyl (C=O) groups is 1. The minimum absolute atomic E-state index is 0.119. The van der Waals surface area contributed by atoms with Crippen LogP contribution in [0.4, 0.5) is 0 Å². The van der Waals surface area contributed by atoms with Crippen LogP contribution in [-0.4, -0.2) is 25.5 Å². The predicted octanol–water partition coefficient (Wildman–Crippen LogP) is 1.81. The molecule has 1 rings (SSSR count). The molecule has 0 aliphatic heterocycles. The maximum absolute atomic E-state index is 11.9. The highest BCUT2D eigenvalue weighted by Gasteiger charge is 2.18. The van der Waals surface area contributed by atoms with Crippen molar-refractivity contribution in [3.8, 4) is 0 Å². The molecule has 0 aromatic rings. The van der Waals surface area contributed by atoms with Crippen molar-refractivity contribution >= 4 is 5.78 Å². The van der Waals surface area contributed by atoms with Gasteiger partial charge in [-0.3, -0.25) is 4.79 Å². The predicted molar refractivity (Wildman–Crippen MR) is 60.6 cm³/mol. The van der Waals surface area contributed by atoms with Gasteiger partial charge in [0.2, 0.25) is 0 Å². The molecule has 0 bridgehead atoms. The fourth-order valence-corrected chi connectivity index (χ4v) is 1.85. The number of hydrogen-bond donors (Lipinski definition) is 1. The Labute approximate surface area is 91.7 Å². The van der Waals surface area contributed by atoms with Crippen molar-refractivity contribution in [3.05, 3.63) is 11.6 Å². The lowest BCUT2D eigenvalue weighted by atomic mass is 9.99. The van der Waals surface area contributed by atoms with E-state index in [1.807, 2.05) is 0 Å². The third kappa shape index (κ3) is 4.14. The molecule has 0 amide bonds. The minimum Gasteiger partial charge on any atom is -0.385 e. The van der Waals surface area contributed by atoms with E-state index in [4.69, 9.17) is 10.5 Å². The van der Waals surface area contributed by atoms with Crippen molar-refractivity contribution in [2.45, 2.75) is 44.6 Å². The number of ketones is 1. The third-order valence-corrected chi connectivity index (χ3v) is 2.83. The highest BCUT2D eigenvalue weighted by molar-refractivity contribution is 5.99. The Morgan fingerprint density at radius 3 is 3.07 bits per heavy atom. The molecule has 0 saturated heterocycles. The number of carbonyl (C=O) groups excluding carboxylic acids is 1. The number of rotatable bonds is 5. The normalized spacial score (nSPS) is 19.2. The van der Waals surface area contributed by atoms with Gasteiger partial charge >= 0.3 is 0 Å². The number of nitrogens with two attached hydrogens (primary N) is 1. The van der Waals surface area contributed by atoms with E-state index >= 15 is 0 Å². The summed E-state index contributed by atoms with van der Waals surface area (Å²) in [7, 11) is 1.63. The van der Waals surface area contributed by atoms with Gasteiger partial charge in [0.05, 0.1) is 6.04 Å². The standard InChI is InChI=1S/C12H21NO2/c1-15-9-8-11(13)12(14)10-6-4-2-3-5-7-10/h6,11H,2-5,7-9,13H2,1H3. The molecule has 0 spiro atoms. The average Bonchev–Trinajstić information content (AvgIpc) is 2.53. The molecule has 15 heavy (non-hydrogen) atoms. The fourth-order valence-electron chi connectivity index (χ4n) is 1.85. The average molecular weight is 211 g/mol. The van der Waals surface area contributed by atoms with Gasteiger partial charge in [-0.25, -0.2) is 0 Å². The highest BCUT2D eigenvalue weighted by atomic mass is 16.5. The van der Waals surface area contributed by atoms with Gasteiger partial charge in [-0.05, 0) is 37.7 Å². The van der Waals surface area contributed by atoms with E-state index in [2.05, 4.69) is 6.08 Å². The number of methoxy groups -OCH3 is 1. The van der Waals surface area contributed by atoms with Gasteiger partial charge in [0.15, 0.2) is 5.78 Å². The second-order valence-electron chi connectivity index (χ2n) is 4.08. The maximum Gasteiger partial charge on any atom is 0.175 e. The molecule has 1 unspecified atom stereocenters. The summed E-state index contributed by atoms with van der Waals surface area (Å²) in [5.74, 6) is 0.119. The first kappa shape index (κ1) is 12.4. The van der Waals surface area contributed by atoms with Crippen LogP contribution in [0.15, 0.2) is 11.6 Å². The van der Waals surface area contributed by atoms with E-state index in [-0.39, 0.29) is 11.8 Å². The number of allylic oxidation sites excluding steroid dienone is 1. The summed E-state index contributed by atoms with van der Waals surface area (Å²) in [6.07, 6.45) is 8.16. The number of Topliss-reactive ketones (excluding diaryl/α,β-unsaturated/α-hetero) is 1. The van der Waals surface area contributed by atoms with Crippen LogP contribution in [-0.2, 0) is 9.53 Å². The topological polar surface area (TPSA) is 52.3 Å². The Bertz CT molecular complexity index is 236. The minimum atomic E-state index is -0.380. The molecule has 3 heteroatoms. The van der Waals surface area contributed by atoms with Crippen LogP contribution in [0.3, 0.4) is 0 Å². The van der Waals surface area contributed by atoms with Crippen LogP contribution in [0, 0.1) is 0 Å². The van der Waals surface area contributed by atoms with Gasteiger partial charge in [-0.2, -0.15) is 0 Å². The summed E-state index contributed by atoms with van der Waals surface area (Å²) in [5, 5.41) is 0. The molecule has 1 aliphatic carbocycles. The quantitative estimate of drug-likeness (QED) is 0.754. The summed E-state index contributed by atoms with van der Waals surface area (Å²) < 4.78 is 4.92. The van der Waals surface area contributed by atoms with E-state index in [0.717, 1.165) is 24.8 Å². The van der Waals surface area contributed by atoms with Gasteiger partial charge in [0.1, 0.15) is 0 Å². The van der Waals surface area contributed by atoms with Crippen LogP contribution < -0.4 is 5.73 Å². The lowest BCUT2D eigenvalue weighted by molar-refractivity contribution is -0.117. The SMILES string of the molecule is COCCC(N)C(=O)C1=CCCCCC1. The van der Waals surface area contributed by atoms with E-state index in [9.17, 15) is 4.79 Å². The molecule has 86 valence electrons. The van der Waals surface area contributed by atoms with Crippen molar-refractivity contribution in [2.75, 3.05) is 13.7 Å². The van der Waals surface area contributed by atoms with Crippen molar-refractivity contribution in [3.63, 3.8) is 0 Å². The first-order valence-electron chi connectivity index (χ1n) is 5.73. The smallest absolute Gasteiger partial charge is 0.175 e. The van der Waals surface area contributed by atoms with Crippen LogP contribution in [0.25, 0.3) is 0 Å². The molecular weight excluding hydrogens is 190 g/mol. The zero-order chi connectivity index (χ0) is 11.1. The Balaban J connectivity index is 2.46. The van der Waals surface area contributed by atoms with Crippen LogP contribution in [0.5, 0.6) is 0 Å². The summed E-state index contributed by atoms with van der Waals surface area (Å²) >= 11 is 0. The van der Waals surface area contributed by atoms with E-state index in [0.29, 0.717) is 13.0 Å². The maximum atomic E-state index is 11.9. The van der Waals surface area contributed by atoms with Crippen LogP contribution in [0.1, 0.15) is 38.5 Å². The molecular formula is C12H21NO2. The summed E-state index contributed by atoms with van der Waals surface area (Å²) in [4.78, 5) is 11.9. The molecule has 1 aliphatic rings. The van der Waals surface area contributed by atoms with Gasteiger partial charge in [-0.1, -0.05) is 12.5 Å². The van der Waals surface area contributed by atoms with Gasteiger partial charge < -0.3 is 10.5 Å². The molecule has 2 N–H and O–H groups in total. The van der Waals surface area contributed by atoms with Crippen LogP contribution in [0.2, 0.25) is 0 Å². The van der Waals surface area contributed by atoms with Gasteiger partial charge in [-0.15, -0.1) is 0 Å². The number of hydrogen-bond acceptors (Lipinski definition) is 3. The van der Waals surface area contributed by atoms with Crippen molar-refractivity contribution in [1.29, 1.82) is 0 Å². The lowest BCUT2D eigenvalue weighted by Crippen LogP contribution is -2.32. The zero-order valence-corrected chi connectivity index (χ0v) is 9.50. The van der Waals surface area contributed by atoms with Gasteiger partial charge in [0.25, 0.3) is 0 Å². The second kappa shape index (κ2) is 6.75. The molecule has 0 aromatic heterocycles. The highest BCUT2D eigenvalue weighted by Crippen LogP contribution is 2.19. The molecule has 0 radical (unpaired) electrons. The molecule has 3 nitrogen and oxygen atoms in total. The largest absolute Gasteiger partial charge is 0.385 e. The molecule has 1 atom stereocenters. The first-order chi connectivity index (χ1) is 7.25. The number of ether oxygens (including phenoxy) is 1. The molecule has 0 saturated carbocycles. The lowest BCUT2D eigenvalue weighted by Gasteiger charge is -2.11. The third-order valence-electron chi connectivity index (χ3n) is 2.83. The Morgan fingerprint density at radius 1 is 1.53 bits per heavy atom. The Morgan fingerprint density at radius 2 is 2.33 bits per heavy atom. The second-order valence-corrected chi connectivity index (χ2v) is 4.08. The monoisotopic (exact) mass is 211 g/mol. The van der Waals surface area contributed by atoms with Crippen molar-refractivity contribution in [1.82, 2.24) is 0 Å². The van der Waals surface area contributed by atoms with E-state index < -0.39 is 0 Å². The van der Waals surface area contributed by atoms with E-state index in [1.165, 1.54) is 12.8 Å². The fraction of sp³-hybridized carbons (Fsp3) is 0.750. The molecule has 0 fully saturated rings. The molecule has 0 aromatic carbocycles. The Hall–Kier alpha value is -0.670. The van der Waals surface area contributed by atoms with E-state index in [1.54, 1.807) is 7.11 Å². The van der Waals surface area contributed by atoms with Gasteiger partial charge in [0, 0.05) is 13.7 Å². The summed E-state index contributed by atoms with van der Waals surface area (Å²) in [6.45, 7) is 0.556.